The minimum atomic E-state index is -0.799. The number of hydrogen-bond donors (Lipinski definition) is 3. The van der Waals surface area contributed by atoms with Crippen LogP contribution in [-0.2, 0) is 37.0 Å². The molecule has 3 N–H and O–H groups in total. The molecule has 9 heteroatoms. The summed E-state index contributed by atoms with van der Waals surface area (Å²) in [7, 11) is 1.75. The Morgan fingerprint density at radius 1 is 0.976 bits per heavy atom. The summed E-state index contributed by atoms with van der Waals surface area (Å²) in [6, 6.07) is 16.3. The molecule has 0 aliphatic carbocycles. The van der Waals surface area contributed by atoms with Gasteiger partial charge < -0.3 is 29.7 Å². The molecule has 0 radical (unpaired) electrons. The van der Waals surface area contributed by atoms with Crippen LogP contribution in [0.15, 0.2) is 48.5 Å². The minimum absolute atomic E-state index is 0.00953. The molecule has 0 bridgehead atoms. The Kier molecular flexibility index (Phi) is 12.1. The van der Waals surface area contributed by atoms with Gasteiger partial charge in [0.15, 0.2) is 6.29 Å². The molecule has 41 heavy (non-hydrogen) atoms. The van der Waals surface area contributed by atoms with Crippen LogP contribution in [0.5, 0.6) is 0 Å². The normalized spacial score (nSPS) is 23.0. The van der Waals surface area contributed by atoms with Gasteiger partial charge in [0.25, 0.3) is 0 Å². The van der Waals surface area contributed by atoms with E-state index in [-0.39, 0.29) is 31.1 Å². The van der Waals surface area contributed by atoms with Gasteiger partial charge in [0, 0.05) is 51.1 Å². The van der Waals surface area contributed by atoms with Gasteiger partial charge in [0.05, 0.1) is 25.4 Å². The monoisotopic (exact) mass is 568 g/mol. The third-order valence-corrected chi connectivity index (χ3v) is 7.95. The maximum atomic E-state index is 12.2. The second-order valence-electron chi connectivity index (χ2n) is 11.1. The number of aliphatic hydroxyl groups excluding tert-OH is 1. The summed E-state index contributed by atoms with van der Waals surface area (Å²) in [6.45, 7) is 3.02. The first-order chi connectivity index (χ1) is 19.9. The van der Waals surface area contributed by atoms with Crippen molar-refractivity contribution in [2.24, 2.45) is 0 Å². The van der Waals surface area contributed by atoms with E-state index < -0.39 is 12.3 Å². The van der Waals surface area contributed by atoms with E-state index >= 15 is 0 Å². The third kappa shape index (κ3) is 9.61. The number of carboxylic acids is 1. The topological polar surface area (TPSA) is 118 Å². The largest absolute Gasteiger partial charge is 0.481 e. The lowest BCUT2D eigenvalue weighted by Crippen LogP contribution is -2.42. The number of carbonyl (C=O) groups excluding carboxylic acids is 1. The van der Waals surface area contributed by atoms with Crippen LogP contribution in [0.25, 0.3) is 0 Å². The van der Waals surface area contributed by atoms with Crippen molar-refractivity contribution < 1.29 is 34.0 Å². The van der Waals surface area contributed by atoms with Gasteiger partial charge >= 0.3 is 5.97 Å². The van der Waals surface area contributed by atoms with Crippen molar-refractivity contribution in [3.05, 3.63) is 70.8 Å². The Balaban J connectivity index is 1.36. The predicted octanol–water partition coefficient (Wildman–Crippen LogP) is 4.49. The van der Waals surface area contributed by atoms with Crippen LogP contribution in [0.4, 0.5) is 0 Å². The Labute approximate surface area is 242 Å². The van der Waals surface area contributed by atoms with E-state index in [0.29, 0.717) is 31.8 Å². The van der Waals surface area contributed by atoms with Crippen molar-refractivity contribution in [2.75, 3.05) is 26.8 Å². The molecule has 2 fully saturated rings. The molecule has 2 aliphatic rings. The van der Waals surface area contributed by atoms with Crippen molar-refractivity contribution in [2.45, 2.75) is 89.1 Å². The number of hydrogen-bond acceptors (Lipinski definition) is 7. The highest BCUT2D eigenvalue weighted by Crippen LogP contribution is 2.38. The van der Waals surface area contributed by atoms with Gasteiger partial charge in [-0.25, -0.2) is 0 Å². The quantitative estimate of drug-likeness (QED) is 0.269. The minimum Gasteiger partial charge on any atom is -0.481 e. The standard InChI is InChI=1S/C32H44N2O7/c1-39-22-27-6-5-17-34(27)20-28-18-29(25-13-11-24(21-35)12-14-25)41-32(40-28)26-15-9-23(10-16-26)19-33-30(36)7-3-2-4-8-31(37)38/h9-16,27-29,32,35H,2-8,17-22H2,1H3,(H,33,36)(H,37,38)/t27-,28+,29-,32-/m0/s1. The van der Waals surface area contributed by atoms with Gasteiger partial charge in [-0.3, -0.25) is 14.5 Å². The lowest BCUT2D eigenvalue weighted by atomic mass is 9.99. The van der Waals surface area contributed by atoms with Crippen molar-refractivity contribution in [3.8, 4) is 0 Å². The first kappa shape index (κ1) is 31.1. The molecule has 9 nitrogen and oxygen atoms in total. The molecular weight excluding hydrogens is 524 g/mol. The molecule has 4 atom stereocenters. The number of aliphatic hydroxyl groups is 1. The smallest absolute Gasteiger partial charge is 0.303 e. The van der Waals surface area contributed by atoms with Gasteiger partial charge in [-0.05, 0) is 48.9 Å². The van der Waals surface area contributed by atoms with Crippen molar-refractivity contribution in [1.29, 1.82) is 0 Å². The number of benzene rings is 2. The SMILES string of the molecule is COC[C@@H]1CCCN1C[C@H]1C[C@@H](c2ccc(CO)cc2)O[C@@H](c2ccc(CNC(=O)CCCCCC(=O)O)cc2)O1. The summed E-state index contributed by atoms with van der Waals surface area (Å²) in [4.78, 5) is 25.3. The molecule has 0 unspecified atom stereocenters. The highest BCUT2D eigenvalue weighted by atomic mass is 16.7. The molecule has 0 spiro atoms. The number of carbonyl (C=O) groups is 2. The lowest BCUT2D eigenvalue weighted by molar-refractivity contribution is -0.253. The van der Waals surface area contributed by atoms with Crippen LogP contribution in [0.3, 0.4) is 0 Å². The second-order valence-corrected chi connectivity index (χ2v) is 11.1. The Bertz CT molecular complexity index is 1090. The van der Waals surface area contributed by atoms with Gasteiger partial charge in [-0.15, -0.1) is 0 Å². The highest BCUT2D eigenvalue weighted by molar-refractivity contribution is 5.75. The maximum absolute atomic E-state index is 12.2. The number of ether oxygens (including phenoxy) is 3. The van der Waals surface area contributed by atoms with Crippen LogP contribution >= 0.6 is 0 Å². The number of nitrogens with one attached hydrogen (secondary N) is 1. The first-order valence-electron chi connectivity index (χ1n) is 14.8. The van der Waals surface area contributed by atoms with Crippen LogP contribution < -0.4 is 5.32 Å². The van der Waals surface area contributed by atoms with Gasteiger partial charge in [0.2, 0.25) is 5.91 Å². The number of carboxylic acid groups (broad SMARTS) is 1. The molecule has 2 heterocycles. The van der Waals surface area contributed by atoms with Crippen molar-refractivity contribution in [1.82, 2.24) is 10.2 Å². The average Bonchev–Trinajstić information content (AvgIpc) is 3.42. The molecule has 2 aliphatic heterocycles. The number of aliphatic carboxylic acids is 1. The zero-order chi connectivity index (χ0) is 29.0. The fraction of sp³-hybridized carbons (Fsp3) is 0.562. The number of likely N-dealkylation sites (tertiary alicyclic amines) is 1. The van der Waals surface area contributed by atoms with E-state index in [4.69, 9.17) is 19.3 Å². The van der Waals surface area contributed by atoms with Crippen molar-refractivity contribution in [3.63, 3.8) is 0 Å². The van der Waals surface area contributed by atoms with Crippen molar-refractivity contribution >= 4 is 11.9 Å². The second kappa shape index (κ2) is 16.0. The van der Waals surface area contributed by atoms with E-state index in [2.05, 4.69) is 10.2 Å². The van der Waals surface area contributed by atoms with E-state index in [0.717, 1.165) is 67.6 Å². The van der Waals surface area contributed by atoms with Gasteiger partial charge in [-0.1, -0.05) is 55.0 Å². The number of nitrogens with zero attached hydrogens (tertiary/aromatic N) is 1. The van der Waals surface area contributed by atoms with Crippen LogP contribution in [-0.4, -0.2) is 65.9 Å². The summed E-state index contributed by atoms with van der Waals surface area (Å²) >= 11 is 0. The molecule has 1 amide bonds. The zero-order valence-electron chi connectivity index (χ0n) is 24.0. The summed E-state index contributed by atoms with van der Waals surface area (Å²) in [5, 5.41) is 21.1. The number of unbranched alkanes of at least 4 members (excludes halogenated alkanes) is 2. The summed E-state index contributed by atoms with van der Waals surface area (Å²) in [5.41, 5.74) is 3.85. The van der Waals surface area contributed by atoms with E-state index in [1.165, 1.54) is 0 Å². The van der Waals surface area contributed by atoms with Crippen LogP contribution in [0, 0.1) is 0 Å². The zero-order valence-corrected chi connectivity index (χ0v) is 24.0. The fourth-order valence-corrected chi connectivity index (χ4v) is 5.63. The molecule has 4 rings (SSSR count). The van der Waals surface area contributed by atoms with Gasteiger partial charge in [-0.2, -0.15) is 0 Å². The molecule has 2 aromatic rings. The fourth-order valence-electron chi connectivity index (χ4n) is 5.63. The molecule has 2 aromatic carbocycles. The molecular formula is C32H44N2O7. The Morgan fingerprint density at radius 2 is 1.68 bits per heavy atom. The van der Waals surface area contributed by atoms with E-state index in [1.54, 1.807) is 7.11 Å². The maximum Gasteiger partial charge on any atom is 0.303 e. The van der Waals surface area contributed by atoms with Gasteiger partial charge in [0.1, 0.15) is 0 Å². The summed E-state index contributed by atoms with van der Waals surface area (Å²) < 4.78 is 18.5. The number of methoxy groups -OCH3 is 1. The lowest BCUT2D eigenvalue weighted by Gasteiger charge is -2.38. The van der Waals surface area contributed by atoms with E-state index in [1.807, 2.05) is 48.5 Å². The summed E-state index contributed by atoms with van der Waals surface area (Å²) in [5.74, 6) is -0.832. The van der Waals surface area contributed by atoms with Crippen LogP contribution in [0.2, 0.25) is 0 Å². The molecule has 0 aromatic heterocycles. The average molecular weight is 569 g/mol. The summed E-state index contributed by atoms with van der Waals surface area (Å²) in [6.07, 6.45) is 4.92. The molecule has 0 saturated carbocycles. The van der Waals surface area contributed by atoms with Crippen LogP contribution in [0.1, 0.15) is 86.0 Å². The Morgan fingerprint density at radius 3 is 2.39 bits per heavy atom. The number of amides is 1. The first-order valence-corrected chi connectivity index (χ1v) is 14.8. The molecule has 224 valence electrons. The highest BCUT2D eigenvalue weighted by Gasteiger charge is 2.35. The number of rotatable bonds is 15. The Hall–Kier alpha value is -2.82. The van der Waals surface area contributed by atoms with E-state index in [9.17, 15) is 14.7 Å². The third-order valence-electron chi connectivity index (χ3n) is 7.95. The predicted molar refractivity (Wildman–Crippen MR) is 154 cm³/mol. The molecule has 2 saturated heterocycles.